The predicted octanol–water partition coefficient (Wildman–Crippen LogP) is 1.26. The van der Waals surface area contributed by atoms with Gasteiger partial charge in [0.05, 0.1) is 0 Å². The lowest BCUT2D eigenvalue weighted by Crippen LogP contribution is -2.37. The minimum Gasteiger partial charge on any atom is -0.339 e. The summed E-state index contributed by atoms with van der Waals surface area (Å²) in [5, 5.41) is 3.30. The molecule has 1 N–H and O–H groups in total. The molecule has 0 aliphatic carbocycles. The van der Waals surface area contributed by atoms with Gasteiger partial charge in [-0.3, -0.25) is 4.90 Å². The number of nitrogens with zero attached hydrogens (tertiary/aromatic N) is 4. The number of nitrogens with one attached hydrogen (secondary N) is 1. The van der Waals surface area contributed by atoms with Crippen molar-refractivity contribution in [3.63, 3.8) is 0 Å². The van der Waals surface area contributed by atoms with E-state index in [0.717, 1.165) is 37.7 Å². The Morgan fingerprint density at radius 3 is 2.80 bits per heavy atom. The molecule has 1 unspecified atom stereocenters. The Morgan fingerprint density at radius 2 is 2.00 bits per heavy atom. The smallest absolute Gasteiger partial charge is 0.225 e. The molecule has 0 saturated carbocycles. The minimum atomic E-state index is 0.711. The molecular formula is C15H25N5. The Labute approximate surface area is 121 Å². The topological polar surface area (TPSA) is 44.3 Å². The molecule has 20 heavy (non-hydrogen) atoms. The average Bonchev–Trinajstić information content (AvgIpc) is 2.83. The molecule has 1 aromatic rings. The fourth-order valence-corrected chi connectivity index (χ4v) is 3.26. The van der Waals surface area contributed by atoms with Crippen LogP contribution in [0.25, 0.3) is 0 Å². The van der Waals surface area contributed by atoms with Gasteiger partial charge >= 0.3 is 0 Å². The summed E-state index contributed by atoms with van der Waals surface area (Å²) >= 11 is 0. The van der Waals surface area contributed by atoms with Crippen molar-refractivity contribution in [1.82, 2.24) is 20.2 Å². The largest absolute Gasteiger partial charge is 0.339 e. The Kier molecular flexibility index (Phi) is 4.47. The summed E-state index contributed by atoms with van der Waals surface area (Å²) in [4.78, 5) is 14.1. The van der Waals surface area contributed by atoms with Crippen LogP contribution in [0.2, 0.25) is 0 Å². The van der Waals surface area contributed by atoms with Gasteiger partial charge in [0.1, 0.15) is 0 Å². The van der Waals surface area contributed by atoms with Gasteiger partial charge in [-0.25, -0.2) is 9.97 Å². The van der Waals surface area contributed by atoms with Crippen LogP contribution in [-0.4, -0.2) is 53.6 Å². The second kappa shape index (κ2) is 6.50. The van der Waals surface area contributed by atoms with Crippen LogP contribution >= 0.6 is 0 Å². The van der Waals surface area contributed by atoms with Crippen molar-refractivity contribution in [3.05, 3.63) is 18.0 Å². The van der Waals surface area contributed by atoms with Crippen LogP contribution in [0, 0.1) is 0 Å². The third-order valence-corrected chi connectivity index (χ3v) is 4.36. The number of fused-ring (bicyclic) bond motifs is 1. The predicted molar refractivity (Wildman–Crippen MR) is 80.8 cm³/mol. The maximum absolute atomic E-state index is 4.57. The van der Waals surface area contributed by atoms with Gasteiger partial charge in [0.25, 0.3) is 0 Å². The van der Waals surface area contributed by atoms with E-state index >= 15 is 0 Å². The van der Waals surface area contributed by atoms with Gasteiger partial charge in [-0.05, 0) is 32.4 Å². The van der Waals surface area contributed by atoms with Crippen LogP contribution < -0.4 is 10.2 Å². The molecule has 3 heterocycles. The monoisotopic (exact) mass is 275 g/mol. The average molecular weight is 275 g/mol. The van der Waals surface area contributed by atoms with Crippen molar-refractivity contribution in [2.75, 3.05) is 37.6 Å². The van der Waals surface area contributed by atoms with Crippen LogP contribution in [0.3, 0.4) is 0 Å². The second-order valence-corrected chi connectivity index (χ2v) is 5.80. The van der Waals surface area contributed by atoms with E-state index in [-0.39, 0.29) is 0 Å². The molecule has 0 aromatic carbocycles. The molecule has 0 amide bonds. The van der Waals surface area contributed by atoms with Gasteiger partial charge in [-0.2, -0.15) is 0 Å². The zero-order valence-corrected chi connectivity index (χ0v) is 12.4. The molecule has 1 atom stereocenters. The minimum absolute atomic E-state index is 0.711. The summed E-state index contributed by atoms with van der Waals surface area (Å²) in [6, 6.07) is 0.711. The molecule has 2 aliphatic heterocycles. The third-order valence-electron chi connectivity index (χ3n) is 4.36. The highest BCUT2D eigenvalue weighted by atomic mass is 15.3. The molecule has 0 spiro atoms. The summed E-state index contributed by atoms with van der Waals surface area (Å²) in [5.41, 5.74) is 1.16. The first-order chi connectivity index (χ1) is 9.86. The lowest BCUT2D eigenvalue weighted by molar-refractivity contribution is 0.273. The number of aromatic nitrogens is 2. The maximum atomic E-state index is 4.57. The Hall–Kier alpha value is -1.20. The zero-order chi connectivity index (χ0) is 13.8. The zero-order valence-electron chi connectivity index (χ0n) is 12.4. The highest BCUT2D eigenvalue weighted by Crippen LogP contribution is 2.23. The SMILES string of the molecule is CCNCc1cnc(N2CCCN3CCCC3C2)nc1. The molecular weight excluding hydrogens is 250 g/mol. The lowest BCUT2D eigenvalue weighted by Gasteiger charge is -2.25. The molecule has 3 rings (SSSR count). The van der Waals surface area contributed by atoms with E-state index in [2.05, 4.69) is 32.0 Å². The number of hydrogen-bond acceptors (Lipinski definition) is 5. The van der Waals surface area contributed by atoms with Crippen molar-refractivity contribution in [1.29, 1.82) is 0 Å². The van der Waals surface area contributed by atoms with Gasteiger partial charge in [0.15, 0.2) is 0 Å². The van der Waals surface area contributed by atoms with Gasteiger partial charge < -0.3 is 10.2 Å². The van der Waals surface area contributed by atoms with Crippen molar-refractivity contribution >= 4 is 5.95 Å². The molecule has 2 aliphatic rings. The quantitative estimate of drug-likeness (QED) is 0.896. The highest BCUT2D eigenvalue weighted by Gasteiger charge is 2.29. The Morgan fingerprint density at radius 1 is 1.20 bits per heavy atom. The van der Waals surface area contributed by atoms with E-state index in [0.29, 0.717) is 6.04 Å². The molecule has 5 heteroatoms. The summed E-state index contributed by atoms with van der Waals surface area (Å²) in [7, 11) is 0. The van der Waals surface area contributed by atoms with E-state index in [9.17, 15) is 0 Å². The molecule has 0 bridgehead atoms. The van der Waals surface area contributed by atoms with Gasteiger partial charge in [-0.15, -0.1) is 0 Å². The summed E-state index contributed by atoms with van der Waals surface area (Å²) in [6.07, 6.45) is 7.82. The number of hydrogen-bond donors (Lipinski definition) is 1. The van der Waals surface area contributed by atoms with Gasteiger partial charge in [0.2, 0.25) is 5.95 Å². The molecule has 5 nitrogen and oxygen atoms in total. The normalized spacial score (nSPS) is 23.6. The Bertz CT molecular complexity index is 419. The van der Waals surface area contributed by atoms with Crippen LogP contribution in [0.15, 0.2) is 12.4 Å². The van der Waals surface area contributed by atoms with Gasteiger partial charge in [0, 0.05) is 50.2 Å². The van der Waals surface area contributed by atoms with E-state index in [1.54, 1.807) is 0 Å². The third kappa shape index (κ3) is 3.10. The molecule has 1 aromatic heterocycles. The number of rotatable bonds is 4. The van der Waals surface area contributed by atoms with Crippen molar-refractivity contribution in [2.45, 2.75) is 38.8 Å². The summed E-state index contributed by atoms with van der Waals surface area (Å²) < 4.78 is 0. The van der Waals surface area contributed by atoms with E-state index in [1.807, 2.05) is 12.4 Å². The summed E-state index contributed by atoms with van der Waals surface area (Å²) in [5.74, 6) is 0.902. The molecule has 2 fully saturated rings. The first kappa shape index (κ1) is 13.8. The van der Waals surface area contributed by atoms with Crippen LogP contribution in [0.4, 0.5) is 5.95 Å². The van der Waals surface area contributed by atoms with Crippen LogP contribution in [-0.2, 0) is 6.54 Å². The number of anilines is 1. The standard InChI is InChI=1S/C15H25N5/c1-2-16-9-13-10-17-15(18-11-13)20-8-4-7-19-6-3-5-14(19)12-20/h10-11,14,16H,2-9,12H2,1H3. The lowest BCUT2D eigenvalue weighted by atomic mass is 10.2. The van der Waals surface area contributed by atoms with Crippen LogP contribution in [0.1, 0.15) is 31.7 Å². The molecule has 2 saturated heterocycles. The fraction of sp³-hybridized carbons (Fsp3) is 0.733. The van der Waals surface area contributed by atoms with Crippen LogP contribution in [0.5, 0.6) is 0 Å². The Balaban J connectivity index is 1.65. The summed E-state index contributed by atoms with van der Waals surface area (Å²) in [6.45, 7) is 8.63. The fourth-order valence-electron chi connectivity index (χ4n) is 3.26. The van der Waals surface area contributed by atoms with E-state index < -0.39 is 0 Å². The van der Waals surface area contributed by atoms with Crippen molar-refractivity contribution in [3.8, 4) is 0 Å². The highest BCUT2D eigenvalue weighted by molar-refractivity contribution is 5.31. The van der Waals surface area contributed by atoms with E-state index in [4.69, 9.17) is 0 Å². The van der Waals surface area contributed by atoms with Gasteiger partial charge in [-0.1, -0.05) is 6.92 Å². The molecule has 110 valence electrons. The maximum Gasteiger partial charge on any atom is 0.225 e. The van der Waals surface area contributed by atoms with Crippen molar-refractivity contribution < 1.29 is 0 Å². The first-order valence-electron chi connectivity index (χ1n) is 7.87. The first-order valence-corrected chi connectivity index (χ1v) is 7.87. The van der Waals surface area contributed by atoms with E-state index in [1.165, 1.54) is 32.4 Å². The second-order valence-electron chi connectivity index (χ2n) is 5.80. The van der Waals surface area contributed by atoms with Crippen molar-refractivity contribution in [2.24, 2.45) is 0 Å². The molecule has 0 radical (unpaired) electrons.